The van der Waals surface area contributed by atoms with Crippen molar-refractivity contribution >= 4 is 22.9 Å². The molecule has 2 aromatic heterocycles. The van der Waals surface area contributed by atoms with Crippen LogP contribution in [0.1, 0.15) is 26.6 Å². The minimum Gasteiger partial charge on any atom is -0.507 e. The number of hydrogen-bond donors (Lipinski definition) is 2. The van der Waals surface area contributed by atoms with Gasteiger partial charge in [0.15, 0.2) is 5.82 Å². The number of nitrogens with one attached hydrogen (secondary N) is 1. The quantitative estimate of drug-likeness (QED) is 0.427. The summed E-state index contributed by atoms with van der Waals surface area (Å²) in [7, 11) is 0. The summed E-state index contributed by atoms with van der Waals surface area (Å²) < 4.78 is 13.2. The summed E-state index contributed by atoms with van der Waals surface area (Å²) in [6.07, 6.45) is 2.88. The predicted octanol–water partition coefficient (Wildman–Crippen LogP) is 3.38. The van der Waals surface area contributed by atoms with Crippen LogP contribution in [-0.2, 0) is 6.42 Å². The summed E-state index contributed by atoms with van der Waals surface area (Å²) in [6, 6.07) is 8.14. The maximum absolute atomic E-state index is 13.2. The third-order valence-electron chi connectivity index (χ3n) is 3.13. The predicted molar refractivity (Wildman–Crippen MR) is 84.8 cm³/mol. The third kappa shape index (κ3) is 3.70. The average Bonchev–Trinajstić information content (AvgIpc) is 3.18. The second-order valence-corrected chi connectivity index (χ2v) is 5.83. The monoisotopic (exact) mass is 329 g/mol. The van der Waals surface area contributed by atoms with E-state index in [0.717, 1.165) is 16.5 Å². The number of nitrogens with zero attached hydrogens (tertiary/aromatic N) is 2. The van der Waals surface area contributed by atoms with Gasteiger partial charge in [-0.3, -0.25) is 9.89 Å². The molecule has 0 saturated carbocycles. The molecule has 0 aliphatic carbocycles. The highest BCUT2D eigenvalue weighted by Gasteiger charge is 2.10. The molecule has 3 aromatic rings. The number of aliphatic hydroxyl groups is 1. The van der Waals surface area contributed by atoms with Crippen LogP contribution in [0.5, 0.6) is 0 Å². The fourth-order valence-corrected chi connectivity index (χ4v) is 2.97. The molecule has 5 nitrogen and oxygen atoms in total. The Labute approximate surface area is 135 Å². The first kappa shape index (κ1) is 15.1. The van der Waals surface area contributed by atoms with Gasteiger partial charge < -0.3 is 5.11 Å². The molecule has 0 radical (unpaired) electrons. The Morgan fingerprint density at radius 2 is 2.26 bits per heavy atom. The van der Waals surface area contributed by atoms with E-state index in [1.54, 1.807) is 17.5 Å². The molecule has 0 aliphatic heterocycles. The number of aliphatic hydroxyl groups excluding tert-OH is 1. The number of carbonyl (C=O) groups is 1. The number of H-pyrrole nitrogens is 1. The van der Waals surface area contributed by atoms with Crippen molar-refractivity contribution in [3.63, 3.8) is 0 Å². The van der Waals surface area contributed by atoms with Gasteiger partial charge in [-0.2, -0.15) is 5.10 Å². The van der Waals surface area contributed by atoms with Crippen LogP contribution in [0.4, 0.5) is 4.39 Å². The molecule has 0 amide bonds. The van der Waals surface area contributed by atoms with Crippen LogP contribution >= 0.6 is 11.3 Å². The largest absolute Gasteiger partial charge is 0.507 e. The maximum Gasteiger partial charge on any atom is 0.226 e. The second-order valence-electron chi connectivity index (χ2n) is 4.84. The summed E-state index contributed by atoms with van der Waals surface area (Å²) in [5.74, 6) is -0.822. The van der Waals surface area contributed by atoms with Gasteiger partial charge in [0, 0.05) is 28.3 Å². The van der Waals surface area contributed by atoms with E-state index in [1.165, 1.54) is 29.8 Å². The van der Waals surface area contributed by atoms with Crippen LogP contribution in [0.25, 0.3) is 5.76 Å². The maximum atomic E-state index is 13.2. The summed E-state index contributed by atoms with van der Waals surface area (Å²) in [4.78, 5) is 16.5. The molecule has 2 heterocycles. The van der Waals surface area contributed by atoms with E-state index in [9.17, 15) is 14.3 Å². The minimum atomic E-state index is -0.460. The van der Waals surface area contributed by atoms with Gasteiger partial charge in [-0.15, -0.1) is 11.3 Å². The van der Waals surface area contributed by atoms with Gasteiger partial charge in [-0.1, -0.05) is 12.1 Å². The molecule has 23 heavy (non-hydrogen) atoms. The molecule has 0 fully saturated rings. The van der Waals surface area contributed by atoms with E-state index in [1.807, 2.05) is 6.07 Å². The number of allylic oxidation sites excluding steroid dienone is 1. The van der Waals surface area contributed by atoms with Gasteiger partial charge in [0.25, 0.3) is 0 Å². The highest BCUT2D eigenvalue weighted by molar-refractivity contribution is 7.10. The van der Waals surface area contributed by atoms with Gasteiger partial charge in [-0.05, 0) is 23.8 Å². The summed E-state index contributed by atoms with van der Waals surface area (Å²) >= 11 is 1.43. The number of hydrogen-bond acceptors (Lipinski definition) is 5. The van der Waals surface area contributed by atoms with Crippen molar-refractivity contribution in [2.24, 2.45) is 0 Å². The Hall–Kier alpha value is -2.80. The smallest absolute Gasteiger partial charge is 0.226 e. The van der Waals surface area contributed by atoms with E-state index >= 15 is 0 Å². The van der Waals surface area contributed by atoms with Crippen molar-refractivity contribution < 1.29 is 14.3 Å². The Balaban J connectivity index is 1.75. The van der Waals surface area contributed by atoms with Gasteiger partial charge in [0.2, 0.25) is 5.78 Å². The SMILES string of the molecule is O=C(C=C(O)c1csc(Cc2cccc(F)c2)c1)c1ncn[nH]1. The number of aromatic amines is 1. The molecule has 1 aromatic carbocycles. The number of rotatable bonds is 5. The Bertz CT molecular complexity index is 856. The molecule has 3 rings (SSSR count). The van der Waals surface area contributed by atoms with Gasteiger partial charge in [0.1, 0.15) is 17.9 Å². The highest BCUT2D eigenvalue weighted by Crippen LogP contribution is 2.23. The average molecular weight is 329 g/mol. The minimum absolute atomic E-state index is 0.0618. The highest BCUT2D eigenvalue weighted by atomic mass is 32.1. The standard InChI is InChI=1S/C16H12FN3O2S/c17-12-3-1-2-10(4-12)5-13-6-11(8-23-13)14(21)7-15(22)16-18-9-19-20-16/h1-4,6-9,21H,5H2,(H,18,19,20). The van der Waals surface area contributed by atoms with Gasteiger partial charge >= 0.3 is 0 Å². The zero-order valence-corrected chi connectivity index (χ0v) is 12.7. The lowest BCUT2D eigenvalue weighted by molar-refractivity contribution is 0.103. The molecule has 0 unspecified atom stereocenters. The third-order valence-corrected chi connectivity index (χ3v) is 4.07. The number of thiophene rings is 1. The first-order valence-corrected chi connectivity index (χ1v) is 7.62. The van der Waals surface area contributed by atoms with E-state index < -0.39 is 5.78 Å². The lowest BCUT2D eigenvalue weighted by atomic mass is 10.1. The normalized spacial score (nSPS) is 11.6. The van der Waals surface area contributed by atoms with Crippen LogP contribution in [-0.4, -0.2) is 26.1 Å². The van der Waals surface area contributed by atoms with Crippen LogP contribution < -0.4 is 0 Å². The van der Waals surface area contributed by atoms with Crippen LogP contribution in [0, 0.1) is 5.82 Å². The molecule has 7 heteroatoms. The lowest BCUT2D eigenvalue weighted by Crippen LogP contribution is -1.99. The molecule has 0 atom stereocenters. The van der Waals surface area contributed by atoms with Crippen LogP contribution in [0.15, 0.2) is 48.1 Å². The van der Waals surface area contributed by atoms with E-state index in [4.69, 9.17) is 0 Å². The first-order chi connectivity index (χ1) is 11.1. The zero-order valence-electron chi connectivity index (χ0n) is 11.9. The van der Waals surface area contributed by atoms with Crippen molar-refractivity contribution in [1.82, 2.24) is 15.2 Å². The Kier molecular flexibility index (Phi) is 4.29. The van der Waals surface area contributed by atoms with Gasteiger partial charge in [-0.25, -0.2) is 9.37 Å². The fourth-order valence-electron chi connectivity index (χ4n) is 2.06. The van der Waals surface area contributed by atoms with Crippen molar-refractivity contribution in [2.75, 3.05) is 0 Å². The Morgan fingerprint density at radius 3 is 3.00 bits per heavy atom. The molecule has 116 valence electrons. The molecule has 0 saturated heterocycles. The van der Waals surface area contributed by atoms with E-state index in [2.05, 4.69) is 15.2 Å². The molecule has 0 spiro atoms. The van der Waals surface area contributed by atoms with Crippen molar-refractivity contribution in [2.45, 2.75) is 6.42 Å². The van der Waals surface area contributed by atoms with Gasteiger partial charge in [0.05, 0.1) is 0 Å². The van der Waals surface area contributed by atoms with Crippen LogP contribution in [0.2, 0.25) is 0 Å². The van der Waals surface area contributed by atoms with E-state index in [0.29, 0.717) is 12.0 Å². The zero-order chi connectivity index (χ0) is 16.2. The molecular formula is C16H12FN3O2S. The van der Waals surface area contributed by atoms with Crippen molar-refractivity contribution in [3.05, 3.63) is 75.8 Å². The van der Waals surface area contributed by atoms with Crippen molar-refractivity contribution in [1.29, 1.82) is 0 Å². The molecule has 0 bridgehead atoms. The summed E-state index contributed by atoms with van der Waals surface area (Å²) in [5.41, 5.74) is 1.38. The first-order valence-electron chi connectivity index (χ1n) is 6.74. The molecule has 0 aliphatic rings. The topological polar surface area (TPSA) is 78.9 Å². The summed E-state index contributed by atoms with van der Waals surface area (Å²) in [6.45, 7) is 0. The number of halogens is 1. The lowest BCUT2D eigenvalue weighted by Gasteiger charge is -1.98. The molecule has 2 N–H and O–H groups in total. The van der Waals surface area contributed by atoms with Crippen LogP contribution in [0.3, 0.4) is 0 Å². The Morgan fingerprint density at radius 1 is 1.39 bits per heavy atom. The number of ketones is 1. The fraction of sp³-hybridized carbons (Fsp3) is 0.0625. The number of carbonyl (C=O) groups excluding carboxylic acids is 1. The molecular weight excluding hydrogens is 317 g/mol. The van der Waals surface area contributed by atoms with E-state index in [-0.39, 0.29) is 17.4 Å². The number of aromatic nitrogens is 3. The second kappa shape index (κ2) is 6.53. The van der Waals surface area contributed by atoms with Crippen molar-refractivity contribution in [3.8, 4) is 0 Å². The summed E-state index contributed by atoms with van der Waals surface area (Å²) in [5, 5.41) is 17.8. The number of benzene rings is 1.